The lowest BCUT2D eigenvalue weighted by atomic mass is 9.91. The molecule has 3 nitrogen and oxygen atoms in total. The van der Waals surface area contributed by atoms with E-state index < -0.39 is 0 Å². The van der Waals surface area contributed by atoms with Gasteiger partial charge >= 0.3 is 0 Å². The first-order chi connectivity index (χ1) is 8.36. The quantitative estimate of drug-likeness (QED) is 0.840. The van der Waals surface area contributed by atoms with Gasteiger partial charge in [0, 0.05) is 6.54 Å². The van der Waals surface area contributed by atoms with E-state index in [1.807, 2.05) is 6.07 Å². The number of ether oxygens (including phenoxy) is 1. The molecule has 0 aromatic heterocycles. The highest BCUT2D eigenvalue weighted by Crippen LogP contribution is 2.27. The molecule has 0 spiro atoms. The minimum atomic E-state index is 0.900. The summed E-state index contributed by atoms with van der Waals surface area (Å²) >= 11 is 0. The predicted molar refractivity (Wildman–Crippen MR) is 69.6 cm³/mol. The Morgan fingerprint density at radius 2 is 2.24 bits per heavy atom. The van der Waals surface area contributed by atoms with E-state index in [1.54, 1.807) is 7.11 Å². The largest absolute Gasteiger partial charge is 0.497 e. The van der Waals surface area contributed by atoms with Gasteiger partial charge in [-0.15, -0.1) is 0 Å². The van der Waals surface area contributed by atoms with Crippen LogP contribution in [0.15, 0.2) is 28.8 Å². The molecule has 0 saturated carbocycles. The van der Waals surface area contributed by atoms with Crippen LogP contribution in [-0.4, -0.2) is 26.0 Å². The summed E-state index contributed by atoms with van der Waals surface area (Å²) in [6.45, 7) is 1.87. The number of methoxy groups -OCH3 is 1. The average Bonchev–Trinajstić information content (AvgIpc) is 2.91. The van der Waals surface area contributed by atoms with Gasteiger partial charge in [-0.2, -0.15) is 0 Å². The Hall–Kier alpha value is -1.77. The second-order valence-electron chi connectivity index (χ2n) is 4.39. The Morgan fingerprint density at radius 1 is 1.29 bits per heavy atom. The van der Waals surface area contributed by atoms with Gasteiger partial charge in [-0.05, 0) is 47.8 Å². The number of hydrogen-bond donors (Lipinski definition) is 1. The molecular formula is C14H16N2O. The molecule has 1 heterocycles. The average molecular weight is 228 g/mol. The Kier molecular flexibility index (Phi) is 2.59. The molecule has 0 amide bonds. The standard InChI is InChI=1S/C14H16N2O/c1-17-13-5-4-10-2-3-11(8-12(10)9-13)14-15-6-7-16-14/h4-5,8-9H,2-3,6-7H2,1H3,(H,15,16). The summed E-state index contributed by atoms with van der Waals surface area (Å²) in [6, 6.07) is 6.29. The molecule has 3 heteroatoms. The number of nitrogens with zero attached hydrogens (tertiary/aromatic N) is 1. The molecule has 1 N–H and O–H groups in total. The van der Waals surface area contributed by atoms with Crippen molar-refractivity contribution in [1.29, 1.82) is 0 Å². The molecular weight excluding hydrogens is 212 g/mol. The van der Waals surface area contributed by atoms with E-state index in [0.29, 0.717) is 0 Å². The molecule has 0 fully saturated rings. The molecule has 0 unspecified atom stereocenters. The lowest BCUT2D eigenvalue weighted by Crippen LogP contribution is -2.22. The van der Waals surface area contributed by atoms with E-state index in [0.717, 1.165) is 37.5 Å². The molecule has 88 valence electrons. The number of aryl methyl sites for hydroxylation is 1. The first-order valence-electron chi connectivity index (χ1n) is 6.03. The number of benzene rings is 1. The van der Waals surface area contributed by atoms with E-state index in [9.17, 15) is 0 Å². The molecule has 17 heavy (non-hydrogen) atoms. The molecule has 1 aliphatic carbocycles. The smallest absolute Gasteiger partial charge is 0.124 e. The van der Waals surface area contributed by atoms with Crippen molar-refractivity contribution in [2.75, 3.05) is 20.2 Å². The summed E-state index contributed by atoms with van der Waals surface area (Å²) in [6.07, 6.45) is 4.40. The summed E-state index contributed by atoms with van der Waals surface area (Å²) < 4.78 is 5.27. The molecule has 3 rings (SSSR count). The third-order valence-corrected chi connectivity index (χ3v) is 3.32. The monoisotopic (exact) mass is 228 g/mol. The van der Waals surface area contributed by atoms with Crippen molar-refractivity contribution in [3.63, 3.8) is 0 Å². The molecule has 1 aromatic carbocycles. The van der Waals surface area contributed by atoms with Gasteiger partial charge in [0.1, 0.15) is 11.6 Å². The van der Waals surface area contributed by atoms with E-state index >= 15 is 0 Å². The summed E-state index contributed by atoms with van der Waals surface area (Å²) in [5.41, 5.74) is 3.98. The third-order valence-electron chi connectivity index (χ3n) is 3.32. The van der Waals surface area contributed by atoms with Crippen LogP contribution in [0.4, 0.5) is 0 Å². The lowest BCUT2D eigenvalue weighted by Gasteiger charge is -2.17. The zero-order valence-corrected chi connectivity index (χ0v) is 9.99. The maximum atomic E-state index is 5.27. The van der Waals surface area contributed by atoms with Crippen LogP contribution in [0.2, 0.25) is 0 Å². The van der Waals surface area contributed by atoms with Gasteiger partial charge in [0.2, 0.25) is 0 Å². The van der Waals surface area contributed by atoms with E-state index in [-0.39, 0.29) is 0 Å². The van der Waals surface area contributed by atoms with Crippen LogP contribution in [-0.2, 0) is 6.42 Å². The fraction of sp³-hybridized carbons (Fsp3) is 0.357. The van der Waals surface area contributed by atoms with Crippen LogP contribution in [0.25, 0.3) is 6.08 Å². The summed E-state index contributed by atoms with van der Waals surface area (Å²) in [5.74, 6) is 2.00. The Bertz CT molecular complexity index is 503. The van der Waals surface area contributed by atoms with Gasteiger partial charge in [0.05, 0.1) is 13.7 Å². The van der Waals surface area contributed by atoms with Crippen molar-refractivity contribution in [2.45, 2.75) is 12.8 Å². The number of hydrogen-bond acceptors (Lipinski definition) is 3. The number of aliphatic imine (C=N–C) groups is 1. The highest BCUT2D eigenvalue weighted by atomic mass is 16.5. The number of nitrogens with one attached hydrogen (secondary N) is 1. The molecule has 0 radical (unpaired) electrons. The molecule has 1 aliphatic heterocycles. The minimum absolute atomic E-state index is 0.900. The zero-order chi connectivity index (χ0) is 11.7. The van der Waals surface area contributed by atoms with Crippen molar-refractivity contribution in [1.82, 2.24) is 5.32 Å². The zero-order valence-electron chi connectivity index (χ0n) is 9.99. The molecule has 0 bridgehead atoms. The third kappa shape index (κ3) is 1.93. The van der Waals surface area contributed by atoms with Gasteiger partial charge in [-0.25, -0.2) is 0 Å². The van der Waals surface area contributed by atoms with Crippen LogP contribution < -0.4 is 10.1 Å². The van der Waals surface area contributed by atoms with Crippen molar-refractivity contribution in [3.8, 4) is 5.75 Å². The fourth-order valence-electron chi connectivity index (χ4n) is 2.39. The van der Waals surface area contributed by atoms with Gasteiger partial charge in [0.15, 0.2) is 0 Å². The van der Waals surface area contributed by atoms with Gasteiger partial charge < -0.3 is 10.1 Å². The van der Waals surface area contributed by atoms with Crippen LogP contribution in [0.5, 0.6) is 5.75 Å². The number of amidine groups is 1. The Balaban J connectivity index is 1.97. The SMILES string of the molecule is COc1ccc2c(c1)C=C(C1=NCCN1)CC2. The van der Waals surface area contributed by atoms with Gasteiger partial charge in [-0.3, -0.25) is 4.99 Å². The van der Waals surface area contributed by atoms with Gasteiger partial charge in [-0.1, -0.05) is 6.07 Å². The van der Waals surface area contributed by atoms with E-state index in [2.05, 4.69) is 28.5 Å². The molecule has 0 saturated heterocycles. The lowest BCUT2D eigenvalue weighted by molar-refractivity contribution is 0.414. The Morgan fingerprint density at radius 3 is 3.00 bits per heavy atom. The number of fused-ring (bicyclic) bond motifs is 1. The van der Waals surface area contributed by atoms with Gasteiger partial charge in [0.25, 0.3) is 0 Å². The topological polar surface area (TPSA) is 33.6 Å². The highest BCUT2D eigenvalue weighted by Gasteiger charge is 2.16. The molecule has 2 aliphatic rings. The van der Waals surface area contributed by atoms with Crippen molar-refractivity contribution >= 4 is 11.9 Å². The van der Waals surface area contributed by atoms with Crippen LogP contribution in [0.1, 0.15) is 17.5 Å². The Labute approximate surface area is 101 Å². The van der Waals surface area contributed by atoms with Crippen molar-refractivity contribution in [3.05, 3.63) is 34.9 Å². The minimum Gasteiger partial charge on any atom is -0.497 e. The van der Waals surface area contributed by atoms with E-state index in [1.165, 1.54) is 16.7 Å². The normalized spacial score (nSPS) is 17.9. The summed E-state index contributed by atoms with van der Waals surface area (Å²) in [5, 5.41) is 3.34. The van der Waals surface area contributed by atoms with Crippen molar-refractivity contribution in [2.24, 2.45) is 4.99 Å². The second kappa shape index (κ2) is 4.24. The summed E-state index contributed by atoms with van der Waals surface area (Å²) in [4.78, 5) is 4.48. The maximum absolute atomic E-state index is 5.27. The fourth-order valence-corrected chi connectivity index (χ4v) is 2.39. The molecule has 1 aromatic rings. The molecule has 0 atom stereocenters. The predicted octanol–water partition coefficient (Wildman–Crippen LogP) is 2.03. The van der Waals surface area contributed by atoms with Crippen LogP contribution >= 0.6 is 0 Å². The van der Waals surface area contributed by atoms with Crippen LogP contribution in [0.3, 0.4) is 0 Å². The highest BCUT2D eigenvalue weighted by molar-refractivity contribution is 6.03. The second-order valence-corrected chi connectivity index (χ2v) is 4.39. The first-order valence-corrected chi connectivity index (χ1v) is 6.03. The van der Waals surface area contributed by atoms with Crippen LogP contribution in [0, 0.1) is 0 Å². The van der Waals surface area contributed by atoms with Crippen molar-refractivity contribution < 1.29 is 4.74 Å². The number of rotatable bonds is 2. The first kappa shape index (κ1) is 10.4. The maximum Gasteiger partial charge on any atom is 0.124 e. The van der Waals surface area contributed by atoms with E-state index in [4.69, 9.17) is 4.74 Å². The summed E-state index contributed by atoms with van der Waals surface area (Å²) in [7, 11) is 1.71.